The van der Waals surface area contributed by atoms with Crippen molar-refractivity contribution in [1.29, 1.82) is 0 Å². The number of hydrogen-bond acceptors (Lipinski definition) is 7. The number of nitrogens with one attached hydrogen (secondary N) is 1. The normalized spacial score (nSPS) is 27.1. The Balaban J connectivity index is 1.46. The van der Waals surface area contributed by atoms with E-state index in [-0.39, 0.29) is 42.2 Å². The summed E-state index contributed by atoms with van der Waals surface area (Å²) in [6.45, 7) is 1.05. The summed E-state index contributed by atoms with van der Waals surface area (Å²) >= 11 is 0. The Morgan fingerprint density at radius 2 is 1.82 bits per heavy atom. The van der Waals surface area contributed by atoms with E-state index in [9.17, 15) is 19.7 Å². The lowest BCUT2D eigenvalue weighted by molar-refractivity contribution is -0.384. The Morgan fingerprint density at radius 3 is 2.41 bits per heavy atom. The first-order valence-corrected chi connectivity index (χ1v) is 12.2. The molecule has 2 aliphatic carbocycles. The highest BCUT2D eigenvalue weighted by molar-refractivity contribution is 5.89. The van der Waals surface area contributed by atoms with E-state index in [4.69, 9.17) is 10.5 Å². The van der Waals surface area contributed by atoms with E-state index in [1.807, 2.05) is 0 Å². The van der Waals surface area contributed by atoms with Crippen LogP contribution in [0.25, 0.3) is 0 Å². The number of amides is 2. The molecule has 2 amide bonds. The monoisotopic (exact) mass is 473 g/mol. The van der Waals surface area contributed by atoms with Gasteiger partial charge in [0.05, 0.1) is 4.92 Å². The fourth-order valence-corrected chi connectivity index (χ4v) is 5.24. The molecule has 2 unspecified atom stereocenters. The number of benzene rings is 1. The second-order valence-corrected chi connectivity index (χ2v) is 9.83. The standard InChI is InChI=1S/C24H35N5O5/c1-34-15-23(30)28-14-21(12-22(28)24(31)26-18-6-4-17(25)5-7-18)27(19-10-11-19)13-16-2-8-20(9-3-16)29(32)33/h2-3,8-9,17-19,21-22H,4-7,10-15,25H2,1H3,(H,26,31). The van der Waals surface area contributed by atoms with Crippen molar-refractivity contribution < 1.29 is 19.2 Å². The zero-order valence-corrected chi connectivity index (χ0v) is 19.7. The van der Waals surface area contributed by atoms with E-state index in [0.29, 0.717) is 25.6 Å². The van der Waals surface area contributed by atoms with Crippen LogP contribution in [0, 0.1) is 10.1 Å². The van der Waals surface area contributed by atoms with Gasteiger partial charge in [-0.05, 0) is 50.5 Å². The minimum absolute atomic E-state index is 0.0408. The van der Waals surface area contributed by atoms with Crippen LogP contribution in [-0.2, 0) is 20.9 Å². The maximum atomic E-state index is 13.3. The van der Waals surface area contributed by atoms with E-state index in [0.717, 1.165) is 44.1 Å². The molecular weight excluding hydrogens is 438 g/mol. The molecule has 34 heavy (non-hydrogen) atoms. The van der Waals surface area contributed by atoms with Crippen molar-refractivity contribution in [2.24, 2.45) is 5.73 Å². The summed E-state index contributed by atoms with van der Waals surface area (Å²) in [6.07, 6.45) is 6.25. The molecule has 1 aromatic rings. The molecule has 3 N–H and O–H groups in total. The maximum absolute atomic E-state index is 13.3. The van der Waals surface area contributed by atoms with Crippen LogP contribution in [0.1, 0.15) is 50.5 Å². The summed E-state index contributed by atoms with van der Waals surface area (Å²) in [5.41, 5.74) is 7.05. The van der Waals surface area contributed by atoms with Crippen LogP contribution in [0.5, 0.6) is 0 Å². The van der Waals surface area contributed by atoms with Crippen molar-refractivity contribution in [2.45, 2.75) is 81.7 Å². The molecule has 0 radical (unpaired) electrons. The van der Waals surface area contributed by atoms with Gasteiger partial charge in [-0.3, -0.25) is 24.6 Å². The lowest BCUT2D eigenvalue weighted by Crippen LogP contribution is -2.50. The number of non-ortho nitro benzene ring substituents is 1. The van der Waals surface area contributed by atoms with Crippen LogP contribution in [0.15, 0.2) is 24.3 Å². The largest absolute Gasteiger partial charge is 0.375 e. The first kappa shape index (κ1) is 24.6. The molecule has 4 rings (SSSR count). The predicted octanol–water partition coefficient (Wildman–Crippen LogP) is 1.56. The van der Waals surface area contributed by atoms with Crippen molar-refractivity contribution in [3.05, 3.63) is 39.9 Å². The molecule has 3 fully saturated rings. The number of carbonyl (C=O) groups is 2. The molecule has 3 aliphatic rings. The van der Waals surface area contributed by atoms with Crippen LogP contribution in [0.3, 0.4) is 0 Å². The van der Waals surface area contributed by atoms with Gasteiger partial charge >= 0.3 is 0 Å². The minimum Gasteiger partial charge on any atom is -0.375 e. The summed E-state index contributed by atoms with van der Waals surface area (Å²) in [4.78, 5) is 40.7. The van der Waals surface area contributed by atoms with Crippen molar-refractivity contribution in [3.63, 3.8) is 0 Å². The van der Waals surface area contributed by atoms with Gasteiger partial charge in [-0.2, -0.15) is 0 Å². The fourth-order valence-electron chi connectivity index (χ4n) is 5.24. The molecule has 1 heterocycles. The number of hydrogen-bond donors (Lipinski definition) is 2. The van der Waals surface area contributed by atoms with Crippen LogP contribution in [-0.4, -0.2) is 77.0 Å². The molecule has 2 atom stereocenters. The average molecular weight is 474 g/mol. The highest BCUT2D eigenvalue weighted by Crippen LogP contribution is 2.35. The molecule has 1 aromatic carbocycles. The highest BCUT2D eigenvalue weighted by atomic mass is 16.6. The van der Waals surface area contributed by atoms with Crippen molar-refractivity contribution in [1.82, 2.24) is 15.1 Å². The SMILES string of the molecule is COCC(=O)N1CC(N(Cc2ccc([N+](=O)[O-])cc2)C2CC2)CC1C(=O)NC1CCC(N)CC1. The molecule has 0 aromatic heterocycles. The van der Waals surface area contributed by atoms with Gasteiger partial charge in [-0.1, -0.05) is 12.1 Å². The van der Waals surface area contributed by atoms with Gasteiger partial charge in [-0.15, -0.1) is 0 Å². The number of rotatable bonds is 9. The summed E-state index contributed by atoms with van der Waals surface area (Å²) in [7, 11) is 1.48. The maximum Gasteiger partial charge on any atom is 0.269 e. The summed E-state index contributed by atoms with van der Waals surface area (Å²) < 4.78 is 5.08. The molecule has 10 nitrogen and oxygen atoms in total. The third-order valence-electron chi connectivity index (χ3n) is 7.29. The summed E-state index contributed by atoms with van der Waals surface area (Å²) in [5.74, 6) is -0.277. The number of methoxy groups -OCH3 is 1. The van der Waals surface area contributed by atoms with Gasteiger partial charge in [0, 0.05) is 56.5 Å². The lowest BCUT2D eigenvalue weighted by atomic mass is 9.91. The van der Waals surface area contributed by atoms with Gasteiger partial charge < -0.3 is 20.7 Å². The molecule has 2 saturated carbocycles. The van der Waals surface area contributed by atoms with E-state index in [2.05, 4.69) is 10.2 Å². The Labute approximate surface area is 199 Å². The highest BCUT2D eigenvalue weighted by Gasteiger charge is 2.45. The zero-order chi connectivity index (χ0) is 24.2. The fraction of sp³-hybridized carbons (Fsp3) is 0.667. The van der Waals surface area contributed by atoms with Gasteiger partial charge in [0.25, 0.3) is 5.69 Å². The Bertz CT molecular complexity index is 882. The topological polar surface area (TPSA) is 131 Å². The summed E-state index contributed by atoms with van der Waals surface area (Å²) in [6, 6.07) is 6.84. The average Bonchev–Trinajstić information content (AvgIpc) is 3.56. The number of nitro benzene ring substituents is 1. The van der Waals surface area contributed by atoms with E-state index in [1.54, 1.807) is 17.0 Å². The Kier molecular flexibility index (Phi) is 7.80. The number of likely N-dealkylation sites (tertiary alicyclic amines) is 1. The van der Waals surface area contributed by atoms with Crippen molar-refractivity contribution in [3.8, 4) is 0 Å². The van der Waals surface area contributed by atoms with Crippen LogP contribution >= 0.6 is 0 Å². The van der Waals surface area contributed by atoms with Gasteiger partial charge in [0.1, 0.15) is 12.6 Å². The molecule has 0 bridgehead atoms. The summed E-state index contributed by atoms with van der Waals surface area (Å²) in [5, 5.41) is 14.1. The van der Waals surface area contributed by atoms with Crippen molar-refractivity contribution >= 4 is 17.5 Å². The Morgan fingerprint density at radius 1 is 1.15 bits per heavy atom. The zero-order valence-electron chi connectivity index (χ0n) is 19.7. The van der Waals surface area contributed by atoms with Crippen LogP contribution in [0.2, 0.25) is 0 Å². The number of nitrogens with zero attached hydrogens (tertiary/aromatic N) is 3. The predicted molar refractivity (Wildman–Crippen MR) is 126 cm³/mol. The van der Waals surface area contributed by atoms with Gasteiger partial charge in [0.2, 0.25) is 11.8 Å². The first-order chi connectivity index (χ1) is 16.4. The van der Waals surface area contributed by atoms with E-state index < -0.39 is 11.0 Å². The van der Waals surface area contributed by atoms with E-state index >= 15 is 0 Å². The lowest BCUT2D eigenvalue weighted by Gasteiger charge is -2.30. The van der Waals surface area contributed by atoms with Gasteiger partial charge in [0.15, 0.2) is 0 Å². The quantitative estimate of drug-likeness (QED) is 0.411. The molecule has 0 spiro atoms. The number of ether oxygens (including phenoxy) is 1. The number of carbonyl (C=O) groups excluding carboxylic acids is 2. The Hall–Kier alpha value is -2.56. The minimum atomic E-state index is -0.527. The number of nitro groups is 1. The number of nitrogens with two attached hydrogens (primary N) is 1. The molecule has 10 heteroatoms. The van der Waals surface area contributed by atoms with Crippen LogP contribution in [0.4, 0.5) is 5.69 Å². The first-order valence-electron chi connectivity index (χ1n) is 12.2. The third kappa shape index (κ3) is 5.92. The molecule has 1 aliphatic heterocycles. The second kappa shape index (κ2) is 10.8. The van der Waals surface area contributed by atoms with Crippen LogP contribution < -0.4 is 11.1 Å². The molecule has 186 valence electrons. The molecule has 1 saturated heterocycles. The van der Waals surface area contributed by atoms with E-state index in [1.165, 1.54) is 19.2 Å². The second-order valence-electron chi connectivity index (χ2n) is 9.83. The van der Waals surface area contributed by atoms with Gasteiger partial charge in [-0.25, -0.2) is 0 Å². The molecular formula is C24H35N5O5. The smallest absolute Gasteiger partial charge is 0.269 e. The van der Waals surface area contributed by atoms with Crippen molar-refractivity contribution in [2.75, 3.05) is 20.3 Å². The third-order valence-corrected chi connectivity index (χ3v) is 7.29.